The predicted octanol–water partition coefficient (Wildman–Crippen LogP) is 1.61. The maximum absolute atomic E-state index is 9.55. The van der Waals surface area contributed by atoms with E-state index < -0.39 is 6.10 Å². The van der Waals surface area contributed by atoms with Crippen LogP contribution in [0.4, 0.5) is 0 Å². The van der Waals surface area contributed by atoms with Gasteiger partial charge in [-0.2, -0.15) is 0 Å². The Morgan fingerprint density at radius 3 is 2.70 bits per heavy atom. The summed E-state index contributed by atoms with van der Waals surface area (Å²) in [5.41, 5.74) is 0. The highest BCUT2D eigenvalue weighted by molar-refractivity contribution is 5.23. The fourth-order valence-electron chi connectivity index (χ4n) is 1.45. The molecule has 0 saturated carbocycles. The van der Waals surface area contributed by atoms with E-state index >= 15 is 0 Å². The third kappa shape index (κ3) is 8.74. The van der Waals surface area contributed by atoms with Gasteiger partial charge in [0.15, 0.2) is 11.5 Å². The van der Waals surface area contributed by atoms with Crippen molar-refractivity contribution in [2.45, 2.75) is 20.0 Å². The summed E-state index contributed by atoms with van der Waals surface area (Å²) < 4.78 is 15.9. The molecule has 0 rings (SSSR count). The normalized spacial score (nSPS) is 14.0. The lowest BCUT2D eigenvalue weighted by Gasteiger charge is -2.13. The highest BCUT2D eigenvalue weighted by Crippen LogP contribution is 2.09. The molecule has 0 spiro atoms. The maximum atomic E-state index is 9.55. The molecule has 0 aliphatic heterocycles. The second-order valence-corrected chi connectivity index (χ2v) is 4.00. The summed E-state index contributed by atoms with van der Waals surface area (Å²) in [5, 5.41) is 12.6. The molecule has 0 aromatic heterocycles. The van der Waals surface area contributed by atoms with E-state index in [-0.39, 0.29) is 0 Å². The lowest BCUT2D eigenvalue weighted by atomic mass is 10.3. The summed E-state index contributed by atoms with van der Waals surface area (Å²) in [4.78, 5) is 0. The second kappa shape index (κ2) is 12.7. The van der Waals surface area contributed by atoms with Gasteiger partial charge in [0, 0.05) is 19.7 Å². The van der Waals surface area contributed by atoms with E-state index in [1.165, 1.54) is 0 Å². The first kappa shape index (κ1) is 18.7. The molecule has 0 aliphatic rings. The molecule has 0 fully saturated rings. The van der Waals surface area contributed by atoms with Crippen molar-refractivity contribution >= 4 is 0 Å². The average Bonchev–Trinajstić information content (AvgIpc) is 2.47. The number of allylic oxidation sites excluding steroid dienone is 3. The van der Waals surface area contributed by atoms with E-state index in [2.05, 4.69) is 11.9 Å². The van der Waals surface area contributed by atoms with Gasteiger partial charge in [0.2, 0.25) is 0 Å². The predicted molar refractivity (Wildman–Crippen MR) is 80.4 cm³/mol. The van der Waals surface area contributed by atoms with Crippen LogP contribution in [0, 0.1) is 0 Å². The molecule has 0 heterocycles. The van der Waals surface area contributed by atoms with Gasteiger partial charge in [-0.15, -0.1) is 0 Å². The molecule has 0 amide bonds. The first-order valence-corrected chi connectivity index (χ1v) is 6.82. The summed E-state index contributed by atoms with van der Waals surface area (Å²) in [7, 11) is 1.59. The van der Waals surface area contributed by atoms with Crippen molar-refractivity contribution in [2.24, 2.45) is 0 Å². The second-order valence-electron chi connectivity index (χ2n) is 4.00. The number of hydrogen-bond donors (Lipinski definition) is 2. The summed E-state index contributed by atoms with van der Waals surface area (Å²) in [6, 6.07) is 0. The van der Waals surface area contributed by atoms with Gasteiger partial charge in [-0.25, -0.2) is 0 Å². The molecular formula is C15H27NO4. The number of ether oxygens (including phenoxy) is 3. The fourth-order valence-corrected chi connectivity index (χ4v) is 1.45. The SMILES string of the molecule is C=C/C(OCCNCC(O)COCC)=C(\C=C/C)OC. The minimum Gasteiger partial charge on any atom is -0.493 e. The van der Waals surface area contributed by atoms with Crippen molar-refractivity contribution in [3.63, 3.8) is 0 Å². The molecule has 1 atom stereocenters. The van der Waals surface area contributed by atoms with E-state index in [0.29, 0.717) is 44.4 Å². The van der Waals surface area contributed by atoms with Gasteiger partial charge in [-0.3, -0.25) is 0 Å². The van der Waals surface area contributed by atoms with Gasteiger partial charge in [-0.1, -0.05) is 12.7 Å². The highest BCUT2D eigenvalue weighted by atomic mass is 16.5. The maximum Gasteiger partial charge on any atom is 0.160 e. The number of hydrogen-bond acceptors (Lipinski definition) is 5. The van der Waals surface area contributed by atoms with Gasteiger partial charge in [0.25, 0.3) is 0 Å². The Balaban J connectivity index is 3.94. The van der Waals surface area contributed by atoms with Crippen molar-refractivity contribution in [1.82, 2.24) is 5.32 Å². The van der Waals surface area contributed by atoms with Crippen LogP contribution in [0.2, 0.25) is 0 Å². The lowest BCUT2D eigenvalue weighted by Crippen LogP contribution is -2.32. The van der Waals surface area contributed by atoms with Crippen molar-refractivity contribution in [1.29, 1.82) is 0 Å². The van der Waals surface area contributed by atoms with Crippen LogP contribution in [0.1, 0.15) is 13.8 Å². The Hall–Kier alpha value is -1.30. The quantitative estimate of drug-likeness (QED) is 0.324. The van der Waals surface area contributed by atoms with Gasteiger partial charge in [0.1, 0.15) is 6.61 Å². The number of rotatable bonds is 12. The van der Waals surface area contributed by atoms with Crippen molar-refractivity contribution in [2.75, 3.05) is 40.0 Å². The lowest BCUT2D eigenvalue weighted by molar-refractivity contribution is 0.0421. The van der Waals surface area contributed by atoms with Crippen LogP contribution < -0.4 is 5.32 Å². The summed E-state index contributed by atoms with van der Waals surface area (Å²) in [5.74, 6) is 1.24. The van der Waals surface area contributed by atoms with Crippen LogP contribution in [-0.2, 0) is 14.2 Å². The Morgan fingerprint density at radius 2 is 2.15 bits per heavy atom. The molecule has 2 N–H and O–H groups in total. The zero-order valence-electron chi connectivity index (χ0n) is 12.7. The standard InChI is InChI=1S/C15H27NO4/c1-5-8-15(18-4)14(6-2)20-10-9-16-11-13(17)12-19-7-3/h5-6,8,13,16-17H,2,7,9-12H2,1,3-4H3/b8-5-,15-14-. The van der Waals surface area contributed by atoms with Crippen LogP contribution in [0.15, 0.2) is 36.3 Å². The molecule has 0 radical (unpaired) electrons. The third-order valence-corrected chi connectivity index (χ3v) is 2.40. The van der Waals surface area contributed by atoms with Crippen molar-refractivity contribution < 1.29 is 19.3 Å². The van der Waals surface area contributed by atoms with Crippen LogP contribution in [0.3, 0.4) is 0 Å². The Kier molecular flexibility index (Phi) is 11.9. The molecule has 5 nitrogen and oxygen atoms in total. The molecular weight excluding hydrogens is 258 g/mol. The topological polar surface area (TPSA) is 60.0 Å². The van der Waals surface area contributed by atoms with Crippen LogP contribution in [0.25, 0.3) is 0 Å². The number of aliphatic hydroxyl groups is 1. The van der Waals surface area contributed by atoms with E-state index in [1.807, 2.05) is 26.0 Å². The van der Waals surface area contributed by atoms with E-state index in [1.54, 1.807) is 13.2 Å². The first-order valence-electron chi connectivity index (χ1n) is 6.82. The summed E-state index contributed by atoms with van der Waals surface area (Å²) in [6.07, 6.45) is 4.80. The van der Waals surface area contributed by atoms with Gasteiger partial charge in [0.05, 0.1) is 19.8 Å². The molecule has 0 aromatic carbocycles. The zero-order valence-corrected chi connectivity index (χ0v) is 12.7. The van der Waals surface area contributed by atoms with Crippen LogP contribution in [0.5, 0.6) is 0 Å². The van der Waals surface area contributed by atoms with E-state index in [9.17, 15) is 5.11 Å². The number of aliphatic hydroxyl groups excluding tert-OH is 1. The minimum atomic E-state index is -0.498. The van der Waals surface area contributed by atoms with Crippen LogP contribution >= 0.6 is 0 Å². The van der Waals surface area contributed by atoms with Gasteiger partial charge < -0.3 is 24.6 Å². The molecule has 5 heteroatoms. The van der Waals surface area contributed by atoms with Crippen molar-refractivity contribution in [3.8, 4) is 0 Å². The van der Waals surface area contributed by atoms with E-state index in [4.69, 9.17) is 14.2 Å². The largest absolute Gasteiger partial charge is 0.493 e. The van der Waals surface area contributed by atoms with E-state index in [0.717, 1.165) is 0 Å². The average molecular weight is 285 g/mol. The van der Waals surface area contributed by atoms with Gasteiger partial charge >= 0.3 is 0 Å². The monoisotopic (exact) mass is 285 g/mol. The Labute approximate surface area is 121 Å². The van der Waals surface area contributed by atoms with Gasteiger partial charge in [-0.05, 0) is 26.0 Å². The molecule has 0 bridgehead atoms. The molecule has 0 saturated heterocycles. The Bertz CT molecular complexity index is 313. The number of methoxy groups -OCH3 is 1. The summed E-state index contributed by atoms with van der Waals surface area (Å²) in [6.45, 7) is 10.0. The first-order chi connectivity index (χ1) is 9.69. The molecule has 20 heavy (non-hydrogen) atoms. The molecule has 0 aliphatic carbocycles. The third-order valence-electron chi connectivity index (χ3n) is 2.40. The highest BCUT2D eigenvalue weighted by Gasteiger charge is 2.04. The molecule has 116 valence electrons. The van der Waals surface area contributed by atoms with Crippen molar-refractivity contribution in [3.05, 3.63) is 36.3 Å². The molecule has 0 aromatic rings. The number of nitrogens with one attached hydrogen (secondary N) is 1. The fraction of sp³-hybridized carbons (Fsp3) is 0.600. The smallest absolute Gasteiger partial charge is 0.160 e. The summed E-state index contributed by atoms with van der Waals surface area (Å²) >= 11 is 0. The molecule has 1 unspecified atom stereocenters. The minimum absolute atomic E-state index is 0.345. The van der Waals surface area contributed by atoms with Crippen LogP contribution in [-0.4, -0.2) is 51.2 Å². The Morgan fingerprint density at radius 1 is 1.40 bits per heavy atom. The zero-order chi connectivity index (χ0) is 15.2.